The molecular formula is C27H22N2O4. The van der Waals surface area contributed by atoms with Crippen molar-refractivity contribution in [3.63, 3.8) is 0 Å². The van der Waals surface area contributed by atoms with Crippen LogP contribution in [-0.2, 0) is 16.8 Å². The molecule has 0 unspecified atom stereocenters. The smallest absolute Gasteiger partial charge is 0.343 e. The van der Waals surface area contributed by atoms with Crippen molar-refractivity contribution < 1.29 is 19.1 Å². The van der Waals surface area contributed by atoms with Gasteiger partial charge in [0.05, 0.1) is 22.2 Å². The van der Waals surface area contributed by atoms with E-state index in [1.54, 1.807) is 36.4 Å². The Kier molecular flexibility index (Phi) is 5.05. The van der Waals surface area contributed by atoms with Gasteiger partial charge in [0.2, 0.25) is 5.91 Å². The molecule has 5 rings (SSSR count). The fourth-order valence-corrected chi connectivity index (χ4v) is 3.86. The van der Waals surface area contributed by atoms with Crippen molar-refractivity contribution in [1.82, 2.24) is 4.98 Å². The highest BCUT2D eigenvalue weighted by Gasteiger charge is 2.38. The lowest BCUT2D eigenvalue weighted by atomic mass is 9.86. The number of carbonyl (C=O) groups is 2. The fraction of sp³-hybridized carbons (Fsp3) is 0.148. The zero-order chi connectivity index (χ0) is 23.0. The fourth-order valence-electron chi connectivity index (χ4n) is 3.86. The average Bonchev–Trinajstić information content (AvgIpc) is 3.05. The second-order valence-electron chi connectivity index (χ2n) is 8.49. The van der Waals surface area contributed by atoms with Crippen molar-refractivity contribution in [2.45, 2.75) is 25.9 Å². The van der Waals surface area contributed by atoms with E-state index in [4.69, 9.17) is 9.47 Å². The summed E-state index contributed by atoms with van der Waals surface area (Å²) in [5.74, 6) is 0.324. The lowest BCUT2D eigenvalue weighted by Crippen LogP contribution is -2.26. The molecule has 4 aromatic rings. The van der Waals surface area contributed by atoms with Crippen LogP contribution < -0.4 is 14.8 Å². The van der Waals surface area contributed by atoms with Gasteiger partial charge in [0.1, 0.15) is 18.1 Å². The maximum Gasteiger partial charge on any atom is 0.343 e. The molecule has 33 heavy (non-hydrogen) atoms. The molecule has 1 aliphatic heterocycles. The number of amides is 1. The molecule has 0 radical (unpaired) electrons. The largest absolute Gasteiger partial charge is 0.487 e. The number of para-hydroxylation sites is 1. The van der Waals surface area contributed by atoms with E-state index in [0.717, 1.165) is 22.2 Å². The highest BCUT2D eigenvalue weighted by Crippen LogP contribution is 2.39. The molecule has 0 fully saturated rings. The van der Waals surface area contributed by atoms with Crippen molar-refractivity contribution >= 4 is 28.5 Å². The third kappa shape index (κ3) is 4.03. The molecule has 1 aromatic heterocycles. The number of hydrogen-bond acceptors (Lipinski definition) is 5. The summed E-state index contributed by atoms with van der Waals surface area (Å²) in [4.78, 5) is 29.4. The Balaban J connectivity index is 1.27. The van der Waals surface area contributed by atoms with Gasteiger partial charge in [0.15, 0.2) is 0 Å². The van der Waals surface area contributed by atoms with Gasteiger partial charge in [-0.15, -0.1) is 0 Å². The zero-order valence-corrected chi connectivity index (χ0v) is 18.3. The quantitative estimate of drug-likeness (QED) is 0.340. The lowest BCUT2D eigenvalue weighted by molar-refractivity contribution is -0.119. The van der Waals surface area contributed by atoms with Crippen LogP contribution >= 0.6 is 0 Å². The van der Waals surface area contributed by atoms with Gasteiger partial charge in [-0.25, -0.2) is 9.78 Å². The molecule has 1 amide bonds. The highest BCUT2D eigenvalue weighted by atomic mass is 16.5. The predicted octanol–water partition coefficient (Wildman–Crippen LogP) is 5.26. The average molecular weight is 438 g/mol. The van der Waals surface area contributed by atoms with E-state index >= 15 is 0 Å². The molecule has 2 heterocycles. The minimum atomic E-state index is -0.608. The van der Waals surface area contributed by atoms with Gasteiger partial charge in [-0.3, -0.25) is 4.79 Å². The first kappa shape index (κ1) is 20.7. The molecular weight excluding hydrogens is 416 g/mol. The van der Waals surface area contributed by atoms with Crippen LogP contribution in [0.15, 0.2) is 78.9 Å². The highest BCUT2D eigenvalue weighted by molar-refractivity contribution is 6.06. The summed E-state index contributed by atoms with van der Waals surface area (Å²) < 4.78 is 11.4. The van der Waals surface area contributed by atoms with Crippen molar-refractivity contribution in [3.8, 4) is 11.5 Å². The van der Waals surface area contributed by atoms with Gasteiger partial charge in [0.25, 0.3) is 0 Å². The summed E-state index contributed by atoms with van der Waals surface area (Å²) >= 11 is 0. The van der Waals surface area contributed by atoms with E-state index in [0.29, 0.717) is 22.7 Å². The maximum atomic E-state index is 12.7. The van der Waals surface area contributed by atoms with E-state index in [2.05, 4.69) is 10.3 Å². The molecule has 6 heteroatoms. The molecule has 0 spiro atoms. The molecule has 3 aromatic carbocycles. The molecule has 1 N–H and O–H groups in total. The number of nitrogens with zero attached hydrogens (tertiary/aromatic N) is 1. The summed E-state index contributed by atoms with van der Waals surface area (Å²) in [5, 5.41) is 3.91. The first-order chi connectivity index (χ1) is 15.9. The monoisotopic (exact) mass is 438 g/mol. The first-order valence-corrected chi connectivity index (χ1v) is 10.7. The number of nitrogens with one attached hydrogen (secondary N) is 1. The SMILES string of the molecule is CC1(C)C(=O)Nc2cc(OC(=O)c3cccc(OCc4ccc5ccccc5n4)c3)ccc21. The maximum absolute atomic E-state index is 12.7. The molecule has 0 aliphatic carbocycles. The van der Waals surface area contributed by atoms with Crippen LogP contribution in [0.4, 0.5) is 5.69 Å². The predicted molar refractivity (Wildman–Crippen MR) is 126 cm³/mol. The Morgan fingerprint density at radius 1 is 0.939 bits per heavy atom. The van der Waals surface area contributed by atoms with E-state index in [-0.39, 0.29) is 12.5 Å². The summed E-state index contributed by atoms with van der Waals surface area (Å²) in [6.07, 6.45) is 0. The van der Waals surface area contributed by atoms with Crippen LogP contribution in [-0.4, -0.2) is 16.9 Å². The Morgan fingerprint density at radius 2 is 1.79 bits per heavy atom. The van der Waals surface area contributed by atoms with Crippen LogP contribution in [0.25, 0.3) is 10.9 Å². The van der Waals surface area contributed by atoms with Gasteiger partial charge in [0, 0.05) is 17.1 Å². The summed E-state index contributed by atoms with van der Waals surface area (Å²) in [5.41, 5.74) is 3.00. The minimum Gasteiger partial charge on any atom is -0.487 e. The van der Waals surface area contributed by atoms with Gasteiger partial charge in [-0.2, -0.15) is 0 Å². The second-order valence-corrected chi connectivity index (χ2v) is 8.49. The molecule has 0 atom stereocenters. The number of aromatic nitrogens is 1. The number of esters is 1. The number of anilines is 1. The number of fused-ring (bicyclic) bond motifs is 2. The minimum absolute atomic E-state index is 0.0771. The van der Waals surface area contributed by atoms with Crippen LogP contribution in [0.1, 0.15) is 35.5 Å². The molecule has 1 aliphatic rings. The molecule has 0 saturated heterocycles. The topological polar surface area (TPSA) is 77.5 Å². The summed E-state index contributed by atoms with van der Waals surface area (Å²) in [6.45, 7) is 4.00. The molecule has 0 saturated carbocycles. The zero-order valence-electron chi connectivity index (χ0n) is 18.3. The van der Waals surface area contributed by atoms with Gasteiger partial charge in [-0.05, 0) is 55.8 Å². The Bertz CT molecular complexity index is 1390. The second kappa shape index (κ2) is 8.06. The summed E-state index contributed by atoms with van der Waals surface area (Å²) in [6, 6.07) is 23.8. The van der Waals surface area contributed by atoms with Crippen LogP contribution in [0.3, 0.4) is 0 Å². The van der Waals surface area contributed by atoms with Crippen LogP contribution in [0, 0.1) is 0 Å². The molecule has 164 valence electrons. The van der Waals surface area contributed by atoms with Gasteiger partial charge >= 0.3 is 5.97 Å². The van der Waals surface area contributed by atoms with Crippen molar-refractivity contribution in [1.29, 1.82) is 0 Å². The number of pyridine rings is 1. The number of carbonyl (C=O) groups excluding carboxylic acids is 2. The first-order valence-electron chi connectivity index (χ1n) is 10.7. The van der Waals surface area contributed by atoms with Crippen LogP contribution in [0.5, 0.6) is 11.5 Å². The van der Waals surface area contributed by atoms with Gasteiger partial charge < -0.3 is 14.8 Å². The molecule has 0 bridgehead atoms. The number of rotatable bonds is 5. The van der Waals surface area contributed by atoms with E-state index in [9.17, 15) is 9.59 Å². The van der Waals surface area contributed by atoms with Crippen molar-refractivity contribution in [2.75, 3.05) is 5.32 Å². The van der Waals surface area contributed by atoms with Crippen LogP contribution in [0.2, 0.25) is 0 Å². The normalized spacial score (nSPS) is 13.9. The van der Waals surface area contributed by atoms with E-state index in [1.165, 1.54) is 0 Å². The third-order valence-corrected chi connectivity index (χ3v) is 5.80. The Morgan fingerprint density at radius 3 is 2.67 bits per heavy atom. The van der Waals surface area contributed by atoms with E-state index in [1.807, 2.05) is 56.3 Å². The third-order valence-electron chi connectivity index (χ3n) is 5.80. The number of benzene rings is 3. The van der Waals surface area contributed by atoms with Crippen molar-refractivity contribution in [2.24, 2.45) is 0 Å². The standard InChI is InChI=1S/C27H22N2O4/c1-27(2)22-13-12-21(15-24(22)29-26(27)31)33-25(30)18-7-5-8-20(14-18)32-16-19-11-10-17-6-3-4-9-23(17)28-19/h3-15H,16H2,1-2H3,(H,29,31). The van der Waals surface area contributed by atoms with Gasteiger partial charge in [-0.1, -0.05) is 36.4 Å². The number of ether oxygens (including phenoxy) is 2. The lowest BCUT2D eigenvalue weighted by Gasteiger charge is -2.15. The summed E-state index contributed by atoms with van der Waals surface area (Å²) in [7, 11) is 0. The van der Waals surface area contributed by atoms with E-state index < -0.39 is 11.4 Å². The Hall–Kier alpha value is -4.19. The molecule has 6 nitrogen and oxygen atoms in total. The Labute approximate surface area is 191 Å². The van der Waals surface area contributed by atoms with Crippen molar-refractivity contribution in [3.05, 3.63) is 95.7 Å². The number of hydrogen-bond donors (Lipinski definition) is 1.